The zero-order chi connectivity index (χ0) is 9.05. The highest BCUT2D eigenvalue weighted by Crippen LogP contribution is 2.44. The van der Waals surface area contributed by atoms with Crippen molar-refractivity contribution in [2.75, 3.05) is 6.61 Å². The summed E-state index contributed by atoms with van der Waals surface area (Å²) in [5.41, 5.74) is 0. The van der Waals surface area contributed by atoms with Crippen LogP contribution in [0.15, 0.2) is 0 Å². The van der Waals surface area contributed by atoms with Crippen LogP contribution < -0.4 is 0 Å². The molecule has 5 heteroatoms. The molecule has 0 N–H and O–H groups in total. The third kappa shape index (κ3) is 1.14. The molecule has 3 atom stereocenters. The normalized spacial score (nSPS) is 44.2. The minimum Gasteiger partial charge on any atom is -0.360 e. The standard InChI is InChI=1S/C8H13NO3S/c10-13(11,6-3-4-6)9-7-2-1-5-12-8(7)9/h6-8H,1-5H2/t7-,8+,9?/m0/s1. The summed E-state index contributed by atoms with van der Waals surface area (Å²) in [4.78, 5) is 0. The van der Waals surface area contributed by atoms with Crippen molar-refractivity contribution in [3.63, 3.8) is 0 Å². The molecule has 3 fully saturated rings. The zero-order valence-corrected chi connectivity index (χ0v) is 8.16. The van der Waals surface area contributed by atoms with Crippen LogP contribution in [-0.4, -0.2) is 36.8 Å². The van der Waals surface area contributed by atoms with E-state index in [1.165, 1.54) is 0 Å². The van der Waals surface area contributed by atoms with Gasteiger partial charge in [-0.3, -0.25) is 0 Å². The van der Waals surface area contributed by atoms with Crippen LogP contribution in [0, 0.1) is 0 Å². The second-order valence-corrected chi connectivity index (χ2v) is 6.16. The summed E-state index contributed by atoms with van der Waals surface area (Å²) in [6.07, 6.45) is 3.57. The van der Waals surface area contributed by atoms with Crippen LogP contribution in [0.25, 0.3) is 0 Å². The molecule has 1 aliphatic carbocycles. The highest BCUT2D eigenvalue weighted by atomic mass is 32.2. The average molecular weight is 203 g/mol. The first-order valence-electron chi connectivity index (χ1n) is 4.85. The van der Waals surface area contributed by atoms with E-state index in [2.05, 4.69) is 0 Å². The van der Waals surface area contributed by atoms with Crippen LogP contribution in [0.2, 0.25) is 0 Å². The highest BCUT2D eigenvalue weighted by Gasteiger charge is 2.60. The molecule has 0 aromatic carbocycles. The van der Waals surface area contributed by atoms with Crippen molar-refractivity contribution in [2.45, 2.75) is 43.2 Å². The van der Waals surface area contributed by atoms with Crippen LogP contribution in [0.4, 0.5) is 0 Å². The van der Waals surface area contributed by atoms with E-state index < -0.39 is 10.0 Å². The third-order valence-corrected chi connectivity index (χ3v) is 5.37. The van der Waals surface area contributed by atoms with Gasteiger partial charge >= 0.3 is 0 Å². The Morgan fingerprint density at radius 3 is 2.54 bits per heavy atom. The van der Waals surface area contributed by atoms with Gasteiger partial charge in [-0.2, -0.15) is 4.31 Å². The van der Waals surface area contributed by atoms with Crippen molar-refractivity contribution in [3.05, 3.63) is 0 Å². The fourth-order valence-corrected chi connectivity index (χ4v) is 4.16. The fourth-order valence-electron chi connectivity index (χ4n) is 2.06. The highest BCUT2D eigenvalue weighted by molar-refractivity contribution is 7.90. The summed E-state index contributed by atoms with van der Waals surface area (Å²) in [7, 11) is -2.97. The Balaban J connectivity index is 1.80. The van der Waals surface area contributed by atoms with Crippen LogP contribution in [0.5, 0.6) is 0 Å². The predicted molar refractivity (Wildman–Crippen MR) is 46.5 cm³/mol. The molecule has 0 radical (unpaired) electrons. The lowest BCUT2D eigenvalue weighted by Gasteiger charge is -2.04. The van der Waals surface area contributed by atoms with Gasteiger partial charge in [0.1, 0.15) is 6.23 Å². The molecule has 2 heterocycles. The van der Waals surface area contributed by atoms with Crippen molar-refractivity contribution < 1.29 is 13.2 Å². The van der Waals surface area contributed by atoms with E-state index in [1.807, 2.05) is 0 Å². The van der Waals surface area contributed by atoms with Crippen LogP contribution in [-0.2, 0) is 14.8 Å². The first kappa shape index (κ1) is 8.20. The fraction of sp³-hybridized carbons (Fsp3) is 1.00. The number of sulfonamides is 1. The van der Waals surface area contributed by atoms with E-state index in [9.17, 15) is 8.42 Å². The molecule has 13 heavy (non-hydrogen) atoms. The molecule has 3 aliphatic rings. The van der Waals surface area contributed by atoms with Crippen molar-refractivity contribution in [1.29, 1.82) is 0 Å². The van der Waals surface area contributed by atoms with E-state index in [-0.39, 0.29) is 17.5 Å². The van der Waals surface area contributed by atoms with Gasteiger partial charge in [0.25, 0.3) is 0 Å². The Hall–Kier alpha value is -0.130. The Morgan fingerprint density at radius 1 is 1.23 bits per heavy atom. The quantitative estimate of drug-likeness (QED) is 0.606. The van der Waals surface area contributed by atoms with E-state index >= 15 is 0 Å². The molecule has 0 amide bonds. The molecule has 0 bridgehead atoms. The maximum absolute atomic E-state index is 11.8. The van der Waals surface area contributed by atoms with Crippen molar-refractivity contribution in [2.24, 2.45) is 0 Å². The summed E-state index contributed by atoms with van der Waals surface area (Å²) < 4.78 is 30.5. The number of hydrogen-bond acceptors (Lipinski definition) is 3. The Bertz CT molecular complexity index is 310. The smallest absolute Gasteiger partial charge is 0.219 e. The SMILES string of the molecule is O=S(=O)(C1CC1)N1[C@@H]2OCCC[C@@H]21. The molecule has 0 spiro atoms. The summed E-state index contributed by atoms with van der Waals surface area (Å²) in [6, 6.07) is 0.180. The summed E-state index contributed by atoms with van der Waals surface area (Å²) in [5.74, 6) is 0. The molecule has 0 aromatic heterocycles. The monoisotopic (exact) mass is 203 g/mol. The minimum atomic E-state index is -2.97. The van der Waals surface area contributed by atoms with Crippen molar-refractivity contribution in [1.82, 2.24) is 4.31 Å². The minimum absolute atomic E-state index is 0.0818. The Labute approximate surface area is 77.9 Å². The van der Waals surface area contributed by atoms with Gasteiger partial charge in [-0.05, 0) is 25.7 Å². The number of fused-ring (bicyclic) bond motifs is 1. The molecule has 3 rings (SSSR count). The number of ether oxygens (including phenoxy) is 1. The topological polar surface area (TPSA) is 46.4 Å². The van der Waals surface area contributed by atoms with Gasteiger partial charge in [0.05, 0.1) is 11.3 Å². The van der Waals surface area contributed by atoms with Gasteiger partial charge in [-0.15, -0.1) is 0 Å². The molecule has 1 unspecified atom stereocenters. The molecular formula is C8H13NO3S. The largest absolute Gasteiger partial charge is 0.360 e. The Kier molecular flexibility index (Phi) is 1.55. The second-order valence-electron chi connectivity index (χ2n) is 4.05. The Morgan fingerprint density at radius 2 is 2.00 bits per heavy atom. The van der Waals surface area contributed by atoms with Crippen LogP contribution in [0.3, 0.4) is 0 Å². The van der Waals surface area contributed by atoms with Gasteiger partial charge < -0.3 is 4.74 Å². The average Bonchev–Trinajstić information content (AvgIpc) is 2.99. The second kappa shape index (κ2) is 2.46. The summed E-state index contributed by atoms with van der Waals surface area (Å²) in [5, 5.41) is -0.0818. The number of nitrogens with zero attached hydrogens (tertiary/aromatic N) is 1. The van der Waals surface area contributed by atoms with Crippen LogP contribution in [0.1, 0.15) is 25.7 Å². The van der Waals surface area contributed by atoms with Crippen LogP contribution >= 0.6 is 0 Å². The predicted octanol–water partition coefficient (Wildman–Crippen LogP) is 0.299. The molecule has 2 aliphatic heterocycles. The maximum atomic E-state index is 11.8. The maximum Gasteiger partial charge on any atom is 0.219 e. The molecule has 4 nitrogen and oxygen atoms in total. The van der Waals surface area contributed by atoms with Crippen molar-refractivity contribution in [3.8, 4) is 0 Å². The molecular weight excluding hydrogens is 190 g/mol. The summed E-state index contributed by atoms with van der Waals surface area (Å²) >= 11 is 0. The zero-order valence-electron chi connectivity index (χ0n) is 7.35. The first-order valence-corrected chi connectivity index (χ1v) is 6.35. The van der Waals surface area contributed by atoms with E-state index in [1.54, 1.807) is 4.31 Å². The van der Waals surface area contributed by atoms with Gasteiger partial charge in [-0.25, -0.2) is 8.42 Å². The van der Waals surface area contributed by atoms with E-state index in [0.29, 0.717) is 0 Å². The molecule has 74 valence electrons. The third-order valence-electron chi connectivity index (χ3n) is 2.99. The van der Waals surface area contributed by atoms with Gasteiger partial charge in [-0.1, -0.05) is 0 Å². The van der Waals surface area contributed by atoms with E-state index in [0.717, 1.165) is 32.3 Å². The van der Waals surface area contributed by atoms with Crippen molar-refractivity contribution >= 4 is 10.0 Å². The molecule has 1 saturated carbocycles. The van der Waals surface area contributed by atoms with E-state index in [4.69, 9.17) is 4.74 Å². The van der Waals surface area contributed by atoms with Gasteiger partial charge in [0, 0.05) is 6.61 Å². The van der Waals surface area contributed by atoms with Gasteiger partial charge in [0.2, 0.25) is 10.0 Å². The molecule has 2 saturated heterocycles. The number of rotatable bonds is 2. The molecule has 0 aromatic rings. The lowest BCUT2D eigenvalue weighted by molar-refractivity contribution is 0.0787. The first-order chi connectivity index (χ1) is 6.21. The summed E-state index contributed by atoms with van der Waals surface area (Å²) in [6.45, 7) is 0.720. The lowest BCUT2D eigenvalue weighted by atomic mass is 10.2. The van der Waals surface area contributed by atoms with Gasteiger partial charge in [0.15, 0.2) is 0 Å². The lowest BCUT2D eigenvalue weighted by Crippen LogP contribution is -2.20. The number of hydrogen-bond donors (Lipinski definition) is 0.